The fraction of sp³-hybridized carbons (Fsp3) is 0.417. The molecule has 0 aliphatic carbocycles. The number of benzene rings is 2. The van der Waals surface area contributed by atoms with Crippen LogP contribution in [0.15, 0.2) is 42.5 Å². The predicted octanol–water partition coefficient (Wildman–Crippen LogP) is 5.22. The third-order valence-corrected chi connectivity index (χ3v) is 5.91. The number of aromatic nitrogens is 2. The second kappa shape index (κ2) is 7.42. The average molecular weight is 376 g/mol. The lowest BCUT2D eigenvalue weighted by Crippen LogP contribution is -2.24. The number of carbonyl (C=O) groups is 1. The molecule has 4 heteroatoms. The summed E-state index contributed by atoms with van der Waals surface area (Å²) < 4.78 is 2.34. The van der Waals surface area contributed by atoms with E-state index in [4.69, 9.17) is 4.98 Å². The van der Waals surface area contributed by atoms with Crippen LogP contribution < -0.4 is 4.90 Å². The van der Waals surface area contributed by atoms with Crippen molar-refractivity contribution in [3.8, 4) is 0 Å². The van der Waals surface area contributed by atoms with E-state index in [1.165, 1.54) is 16.6 Å². The Hall–Kier alpha value is -2.62. The number of para-hydroxylation sites is 2. The van der Waals surface area contributed by atoms with Gasteiger partial charge in [0.2, 0.25) is 5.91 Å². The number of aryl methyl sites for hydroxylation is 3. The van der Waals surface area contributed by atoms with E-state index < -0.39 is 0 Å². The van der Waals surface area contributed by atoms with E-state index in [1.807, 2.05) is 11.0 Å². The molecule has 146 valence electrons. The lowest BCUT2D eigenvalue weighted by atomic mass is 10.1. The third kappa shape index (κ3) is 3.44. The van der Waals surface area contributed by atoms with Gasteiger partial charge in [0.1, 0.15) is 5.82 Å². The van der Waals surface area contributed by atoms with E-state index in [-0.39, 0.29) is 11.8 Å². The maximum atomic E-state index is 12.8. The highest BCUT2D eigenvalue weighted by Gasteiger charge is 2.34. The fourth-order valence-electron chi connectivity index (χ4n) is 4.05. The number of amides is 1. The normalized spacial score (nSPS) is 17.2. The van der Waals surface area contributed by atoms with Crippen LogP contribution >= 0.6 is 0 Å². The summed E-state index contributed by atoms with van der Waals surface area (Å²) in [5.41, 5.74) is 5.68. The van der Waals surface area contributed by atoms with Gasteiger partial charge in [0.15, 0.2) is 0 Å². The Labute approximate surface area is 167 Å². The summed E-state index contributed by atoms with van der Waals surface area (Å²) >= 11 is 0. The molecule has 2 heterocycles. The van der Waals surface area contributed by atoms with E-state index >= 15 is 0 Å². The second-order valence-corrected chi connectivity index (χ2v) is 8.47. The molecule has 0 radical (unpaired) electrons. The van der Waals surface area contributed by atoms with E-state index in [1.54, 1.807) is 0 Å². The Bertz CT molecular complexity index is 1020. The number of imidazole rings is 1. The first-order valence-corrected chi connectivity index (χ1v) is 10.3. The Morgan fingerprint density at radius 3 is 2.64 bits per heavy atom. The maximum Gasteiger partial charge on any atom is 0.227 e. The molecule has 0 spiro atoms. The number of carbonyl (C=O) groups excluding carboxylic acids is 1. The van der Waals surface area contributed by atoms with Crippen LogP contribution in [0.5, 0.6) is 0 Å². The SMILES string of the molecule is Cc1ccc(N2CC(c3nc4ccccc4n3CCC(C)C)CC2=O)cc1C. The van der Waals surface area contributed by atoms with Gasteiger partial charge in [0.05, 0.1) is 11.0 Å². The molecule has 1 aliphatic rings. The summed E-state index contributed by atoms with van der Waals surface area (Å²) in [6.45, 7) is 10.3. The van der Waals surface area contributed by atoms with Crippen LogP contribution in [0.2, 0.25) is 0 Å². The number of anilines is 1. The number of fused-ring (bicyclic) bond motifs is 1. The number of hydrogen-bond acceptors (Lipinski definition) is 2. The summed E-state index contributed by atoms with van der Waals surface area (Å²) in [6.07, 6.45) is 1.63. The van der Waals surface area contributed by atoms with Crippen LogP contribution in [-0.4, -0.2) is 22.0 Å². The largest absolute Gasteiger partial charge is 0.328 e. The van der Waals surface area contributed by atoms with Crippen molar-refractivity contribution < 1.29 is 4.79 Å². The van der Waals surface area contributed by atoms with Gasteiger partial charge in [0.25, 0.3) is 0 Å². The summed E-state index contributed by atoms with van der Waals surface area (Å²) in [5.74, 6) is 2.01. The smallest absolute Gasteiger partial charge is 0.227 e. The van der Waals surface area contributed by atoms with Gasteiger partial charge in [-0.1, -0.05) is 32.0 Å². The molecule has 0 saturated carbocycles. The molecular formula is C24H29N3O. The predicted molar refractivity (Wildman–Crippen MR) is 115 cm³/mol. The zero-order valence-electron chi connectivity index (χ0n) is 17.3. The zero-order chi connectivity index (χ0) is 19.8. The van der Waals surface area contributed by atoms with Crippen molar-refractivity contribution >= 4 is 22.6 Å². The standard InChI is InChI=1S/C24H29N3O/c1-16(2)11-12-26-22-8-6-5-7-21(22)25-24(26)19-14-23(28)27(15-19)20-10-9-17(3)18(4)13-20/h5-10,13,16,19H,11-12,14-15H2,1-4H3. The lowest BCUT2D eigenvalue weighted by Gasteiger charge is -2.19. The van der Waals surface area contributed by atoms with Crippen LogP contribution in [0.1, 0.15) is 49.6 Å². The zero-order valence-corrected chi connectivity index (χ0v) is 17.3. The van der Waals surface area contributed by atoms with Crippen LogP contribution in [0.3, 0.4) is 0 Å². The van der Waals surface area contributed by atoms with Gasteiger partial charge in [0, 0.05) is 31.1 Å². The molecule has 1 atom stereocenters. The minimum atomic E-state index is 0.133. The van der Waals surface area contributed by atoms with E-state index in [9.17, 15) is 4.79 Å². The highest BCUT2D eigenvalue weighted by atomic mass is 16.2. The minimum Gasteiger partial charge on any atom is -0.328 e. The quantitative estimate of drug-likeness (QED) is 0.613. The van der Waals surface area contributed by atoms with Gasteiger partial charge >= 0.3 is 0 Å². The van der Waals surface area contributed by atoms with Crippen LogP contribution in [0, 0.1) is 19.8 Å². The van der Waals surface area contributed by atoms with Gasteiger partial charge < -0.3 is 9.47 Å². The Morgan fingerprint density at radius 2 is 1.89 bits per heavy atom. The number of nitrogens with zero attached hydrogens (tertiary/aromatic N) is 3. The molecule has 3 aromatic rings. The molecule has 4 nitrogen and oxygen atoms in total. The van der Waals surface area contributed by atoms with Crippen molar-refractivity contribution in [1.82, 2.24) is 9.55 Å². The van der Waals surface area contributed by atoms with Gasteiger partial charge in [-0.2, -0.15) is 0 Å². The molecule has 28 heavy (non-hydrogen) atoms. The molecule has 2 aromatic carbocycles. The molecule has 1 aromatic heterocycles. The molecule has 1 amide bonds. The summed E-state index contributed by atoms with van der Waals surface area (Å²) in [4.78, 5) is 19.7. The van der Waals surface area contributed by atoms with Gasteiger partial charge in [-0.15, -0.1) is 0 Å². The molecule has 1 saturated heterocycles. The molecule has 1 unspecified atom stereocenters. The van der Waals surface area contributed by atoms with Crippen molar-refractivity contribution in [2.45, 2.75) is 53.0 Å². The maximum absolute atomic E-state index is 12.8. The second-order valence-electron chi connectivity index (χ2n) is 8.47. The van der Waals surface area contributed by atoms with Gasteiger partial charge in [-0.3, -0.25) is 4.79 Å². The van der Waals surface area contributed by atoms with E-state index in [0.717, 1.165) is 30.0 Å². The van der Waals surface area contributed by atoms with Crippen LogP contribution in [0.25, 0.3) is 11.0 Å². The van der Waals surface area contributed by atoms with Crippen molar-refractivity contribution in [3.63, 3.8) is 0 Å². The van der Waals surface area contributed by atoms with Crippen LogP contribution in [0.4, 0.5) is 5.69 Å². The molecular weight excluding hydrogens is 346 g/mol. The number of rotatable bonds is 5. The molecule has 1 aliphatic heterocycles. The Balaban J connectivity index is 1.67. The minimum absolute atomic E-state index is 0.133. The fourth-order valence-corrected chi connectivity index (χ4v) is 4.05. The molecule has 1 fully saturated rings. The molecule has 4 rings (SSSR count). The Kier molecular flexibility index (Phi) is 4.96. The van der Waals surface area contributed by atoms with Gasteiger partial charge in [-0.25, -0.2) is 4.98 Å². The highest BCUT2D eigenvalue weighted by Crippen LogP contribution is 2.34. The van der Waals surface area contributed by atoms with Gasteiger partial charge in [-0.05, 0) is 61.6 Å². The van der Waals surface area contributed by atoms with E-state index in [0.29, 0.717) is 18.9 Å². The van der Waals surface area contributed by atoms with Crippen molar-refractivity contribution in [2.24, 2.45) is 5.92 Å². The van der Waals surface area contributed by atoms with Crippen molar-refractivity contribution in [2.75, 3.05) is 11.4 Å². The monoisotopic (exact) mass is 375 g/mol. The first kappa shape index (κ1) is 18.7. The van der Waals surface area contributed by atoms with E-state index in [2.05, 4.69) is 68.7 Å². The molecule has 0 N–H and O–H groups in total. The average Bonchev–Trinajstić information content (AvgIpc) is 3.22. The Morgan fingerprint density at radius 1 is 1.11 bits per heavy atom. The topological polar surface area (TPSA) is 38.1 Å². The lowest BCUT2D eigenvalue weighted by molar-refractivity contribution is -0.117. The summed E-state index contributed by atoms with van der Waals surface area (Å²) in [6, 6.07) is 14.6. The highest BCUT2D eigenvalue weighted by molar-refractivity contribution is 5.96. The van der Waals surface area contributed by atoms with Crippen LogP contribution in [-0.2, 0) is 11.3 Å². The number of hydrogen-bond donors (Lipinski definition) is 0. The first-order chi connectivity index (χ1) is 13.4. The summed E-state index contributed by atoms with van der Waals surface area (Å²) in [7, 11) is 0. The first-order valence-electron chi connectivity index (χ1n) is 10.3. The summed E-state index contributed by atoms with van der Waals surface area (Å²) in [5, 5.41) is 0. The van der Waals surface area contributed by atoms with Crippen molar-refractivity contribution in [3.05, 3.63) is 59.4 Å². The van der Waals surface area contributed by atoms with Crippen molar-refractivity contribution in [1.29, 1.82) is 0 Å². The third-order valence-electron chi connectivity index (χ3n) is 5.91. The molecule has 0 bridgehead atoms.